The predicted octanol–water partition coefficient (Wildman–Crippen LogP) is 2.96. The zero-order valence-electron chi connectivity index (χ0n) is 17.0. The number of amidine groups is 1. The van der Waals surface area contributed by atoms with Gasteiger partial charge >= 0.3 is 11.9 Å². The van der Waals surface area contributed by atoms with E-state index in [-0.39, 0.29) is 36.2 Å². The third-order valence-electron chi connectivity index (χ3n) is 4.76. The highest BCUT2D eigenvalue weighted by atomic mass is 35.5. The number of nitrogens with one attached hydrogen (secondary N) is 1. The number of carbonyl (C=O) groups excluding carboxylic acids is 2. The van der Waals surface area contributed by atoms with Gasteiger partial charge in [0.25, 0.3) is 0 Å². The van der Waals surface area contributed by atoms with Crippen LogP contribution in [0.2, 0.25) is 0 Å². The normalized spacial score (nSPS) is 20.0. The lowest BCUT2D eigenvalue weighted by atomic mass is 9.72. The molecular formula is C19H32ClN3O4S. The first-order valence-electron chi connectivity index (χ1n) is 9.21. The molecule has 0 radical (unpaired) electrons. The Morgan fingerprint density at radius 2 is 1.86 bits per heavy atom. The molecular weight excluding hydrogens is 402 g/mol. The Kier molecular flexibility index (Phi) is 12.7. The molecule has 0 aromatic carbocycles. The van der Waals surface area contributed by atoms with Crippen LogP contribution in [-0.4, -0.2) is 37.9 Å². The summed E-state index contributed by atoms with van der Waals surface area (Å²) in [6.07, 6.45) is 7.23. The van der Waals surface area contributed by atoms with Crippen molar-refractivity contribution < 1.29 is 19.1 Å². The van der Waals surface area contributed by atoms with Crippen molar-refractivity contribution in [3.05, 3.63) is 23.0 Å². The van der Waals surface area contributed by atoms with Crippen molar-refractivity contribution >= 4 is 42.1 Å². The van der Waals surface area contributed by atoms with Gasteiger partial charge in [0.05, 0.1) is 24.9 Å². The molecule has 1 atom stereocenters. The standard InChI is InChI=1S/C17H25NO4.C2H6N2S.ClH/c1-4-22-16(19)13-10-18-11(2)14(17(20)21-3)15(13)12-8-6-5-7-9-12;1-4-2(3)5;/h10,12,15,18H,4-9H2,1-3H3;1H3,(H3,3,4,5);1H/t15-;;/m1../s1. The lowest BCUT2D eigenvalue weighted by Gasteiger charge is -2.35. The molecule has 2 rings (SSSR count). The second-order valence-corrected chi connectivity index (χ2v) is 6.91. The summed E-state index contributed by atoms with van der Waals surface area (Å²) < 4.78 is 10.1. The number of esters is 2. The second-order valence-electron chi connectivity index (χ2n) is 6.45. The fraction of sp³-hybridized carbons (Fsp3) is 0.632. The summed E-state index contributed by atoms with van der Waals surface area (Å²) in [4.78, 5) is 28.0. The fourth-order valence-corrected chi connectivity index (χ4v) is 3.49. The van der Waals surface area contributed by atoms with Gasteiger partial charge in [-0.3, -0.25) is 4.99 Å². The van der Waals surface area contributed by atoms with Crippen LogP contribution in [0.3, 0.4) is 0 Å². The van der Waals surface area contributed by atoms with Gasteiger partial charge in [0.1, 0.15) is 5.17 Å². The van der Waals surface area contributed by atoms with Crippen molar-refractivity contribution in [3.63, 3.8) is 0 Å². The Labute approximate surface area is 179 Å². The lowest BCUT2D eigenvalue weighted by Crippen LogP contribution is -2.35. The maximum absolute atomic E-state index is 12.3. The highest BCUT2D eigenvalue weighted by Crippen LogP contribution is 2.41. The molecule has 0 amide bonds. The van der Waals surface area contributed by atoms with E-state index in [9.17, 15) is 9.59 Å². The minimum Gasteiger partial charge on any atom is -0.466 e. The topological polar surface area (TPSA) is 103 Å². The van der Waals surface area contributed by atoms with Gasteiger partial charge in [-0.15, -0.1) is 25.0 Å². The Hall–Kier alpha value is -1.67. The van der Waals surface area contributed by atoms with Crippen LogP contribution in [0, 0.1) is 11.8 Å². The minimum absolute atomic E-state index is 0. The van der Waals surface area contributed by atoms with Gasteiger partial charge in [-0.25, -0.2) is 9.59 Å². The van der Waals surface area contributed by atoms with Crippen molar-refractivity contribution in [2.45, 2.75) is 46.0 Å². The molecule has 9 heteroatoms. The SMILES string of the molecule is CCOC(=O)C1=CNC(C)=C(C(=O)OC)[C@@H]1C1CCCCC1.CN=C(N)S.Cl. The van der Waals surface area contributed by atoms with Crippen molar-refractivity contribution in [2.75, 3.05) is 20.8 Å². The van der Waals surface area contributed by atoms with Gasteiger partial charge in [-0.2, -0.15) is 0 Å². The number of allylic oxidation sites excluding steroid dienone is 1. The smallest absolute Gasteiger partial charge is 0.336 e. The molecule has 28 heavy (non-hydrogen) atoms. The average molecular weight is 434 g/mol. The summed E-state index contributed by atoms with van der Waals surface area (Å²) in [5, 5.41) is 3.35. The van der Waals surface area contributed by atoms with E-state index in [2.05, 4.69) is 22.9 Å². The van der Waals surface area contributed by atoms with E-state index < -0.39 is 0 Å². The van der Waals surface area contributed by atoms with Crippen molar-refractivity contribution in [3.8, 4) is 0 Å². The summed E-state index contributed by atoms with van der Waals surface area (Å²) in [6, 6.07) is 0. The van der Waals surface area contributed by atoms with E-state index in [1.54, 1.807) is 20.2 Å². The van der Waals surface area contributed by atoms with Crippen LogP contribution < -0.4 is 11.1 Å². The molecule has 2 aliphatic rings. The molecule has 1 heterocycles. The number of methoxy groups -OCH3 is 1. The maximum atomic E-state index is 12.3. The Morgan fingerprint density at radius 1 is 1.29 bits per heavy atom. The summed E-state index contributed by atoms with van der Waals surface area (Å²) in [6.45, 7) is 3.96. The van der Waals surface area contributed by atoms with Gasteiger partial charge in [-0.05, 0) is 32.6 Å². The number of aliphatic imine (C=N–C) groups is 1. The molecule has 0 aromatic heterocycles. The van der Waals surface area contributed by atoms with Crippen LogP contribution in [0.25, 0.3) is 0 Å². The van der Waals surface area contributed by atoms with Crippen LogP contribution in [0.5, 0.6) is 0 Å². The largest absolute Gasteiger partial charge is 0.466 e. The van der Waals surface area contributed by atoms with Crippen LogP contribution >= 0.6 is 25.0 Å². The lowest BCUT2D eigenvalue weighted by molar-refractivity contribution is -0.139. The number of hydrogen-bond donors (Lipinski definition) is 3. The van der Waals surface area contributed by atoms with E-state index in [1.807, 2.05) is 6.92 Å². The van der Waals surface area contributed by atoms with Crippen LogP contribution in [0.1, 0.15) is 46.0 Å². The van der Waals surface area contributed by atoms with Crippen LogP contribution in [0.4, 0.5) is 0 Å². The van der Waals surface area contributed by atoms with Crippen LogP contribution in [0.15, 0.2) is 28.0 Å². The number of nitrogens with zero attached hydrogens (tertiary/aromatic N) is 1. The number of thiol groups is 1. The molecule has 160 valence electrons. The molecule has 1 aliphatic carbocycles. The van der Waals surface area contributed by atoms with E-state index in [0.717, 1.165) is 31.4 Å². The molecule has 0 saturated heterocycles. The van der Waals surface area contributed by atoms with Gasteiger partial charge in [0.15, 0.2) is 0 Å². The number of nitrogens with two attached hydrogens (primary N) is 1. The number of dihydropyridines is 1. The Bertz CT molecular complexity index is 625. The zero-order valence-corrected chi connectivity index (χ0v) is 18.7. The van der Waals surface area contributed by atoms with E-state index in [1.165, 1.54) is 13.5 Å². The number of halogens is 1. The quantitative estimate of drug-likeness (QED) is 0.272. The first kappa shape index (κ1) is 26.3. The zero-order chi connectivity index (χ0) is 20.4. The molecule has 0 spiro atoms. The molecule has 1 saturated carbocycles. The van der Waals surface area contributed by atoms with Gasteiger partial charge < -0.3 is 20.5 Å². The predicted molar refractivity (Wildman–Crippen MR) is 116 cm³/mol. The summed E-state index contributed by atoms with van der Waals surface area (Å²) >= 11 is 3.63. The molecule has 1 aliphatic heterocycles. The highest BCUT2D eigenvalue weighted by molar-refractivity contribution is 7.96. The molecule has 0 aromatic rings. The summed E-state index contributed by atoms with van der Waals surface area (Å²) in [7, 11) is 2.96. The number of rotatable bonds is 4. The molecule has 0 bridgehead atoms. The summed E-state index contributed by atoms with van der Waals surface area (Å²) in [5.74, 6) is -0.654. The highest BCUT2D eigenvalue weighted by Gasteiger charge is 2.39. The number of hydrogen-bond acceptors (Lipinski definition) is 6. The first-order chi connectivity index (χ1) is 12.9. The van der Waals surface area contributed by atoms with E-state index >= 15 is 0 Å². The first-order valence-corrected chi connectivity index (χ1v) is 9.66. The van der Waals surface area contributed by atoms with E-state index in [0.29, 0.717) is 22.9 Å². The molecule has 3 N–H and O–H groups in total. The third-order valence-corrected chi connectivity index (χ3v) is 4.96. The van der Waals surface area contributed by atoms with Crippen LogP contribution in [-0.2, 0) is 19.1 Å². The number of ether oxygens (including phenoxy) is 2. The third kappa shape index (κ3) is 7.39. The molecule has 1 fully saturated rings. The van der Waals surface area contributed by atoms with Crippen molar-refractivity contribution in [2.24, 2.45) is 22.6 Å². The Morgan fingerprint density at radius 3 is 2.32 bits per heavy atom. The molecule has 7 nitrogen and oxygen atoms in total. The monoisotopic (exact) mass is 433 g/mol. The van der Waals surface area contributed by atoms with E-state index in [4.69, 9.17) is 15.2 Å². The average Bonchev–Trinajstić information content (AvgIpc) is 2.68. The van der Waals surface area contributed by atoms with Crippen molar-refractivity contribution in [1.29, 1.82) is 0 Å². The molecule has 0 unspecified atom stereocenters. The summed E-state index contributed by atoms with van der Waals surface area (Å²) in [5.41, 5.74) is 6.78. The van der Waals surface area contributed by atoms with Crippen molar-refractivity contribution in [1.82, 2.24) is 5.32 Å². The number of carbonyl (C=O) groups is 2. The van der Waals surface area contributed by atoms with Gasteiger partial charge in [0, 0.05) is 24.9 Å². The van der Waals surface area contributed by atoms with Gasteiger partial charge in [0.2, 0.25) is 0 Å². The van der Waals surface area contributed by atoms with Gasteiger partial charge in [-0.1, -0.05) is 19.3 Å². The minimum atomic E-state index is -0.365. The fourth-order valence-electron chi connectivity index (χ4n) is 3.49. The Balaban J connectivity index is 0.00000108. The maximum Gasteiger partial charge on any atom is 0.336 e. The second kappa shape index (κ2) is 13.5.